The lowest BCUT2D eigenvalue weighted by atomic mass is 9.87. The molecule has 6 rings (SSSR count). The lowest BCUT2D eigenvalue weighted by Crippen LogP contribution is -2.21. The van der Waals surface area contributed by atoms with E-state index in [0.717, 1.165) is 16.6 Å². The quantitative estimate of drug-likeness (QED) is 0.282. The minimum absolute atomic E-state index is 0.00356. The highest BCUT2D eigenvalue weighted by Gasteiger charge is 2.20. The first-order valence-electron chi connectivity index (χ1n) is 12.2. The Balaban J connectivity index is 1.26. The van der Waals surface area contributed by atoms with Crippen LogP contribution in [0.15, 0.2) is 92.8 Å². The van der Waals surface area contributed by atoms with Crippen molar-refractivity contribution >= 4 is 33.7 Å². The van der Waals surface area contributed by atoms with Crippen LogP contribution in [0.25, 0.3) is 44.8 Å². The van der Waals surface area contributed by atoms with Gasteiger partial charge in [0.2, 0.25) is 11.3 Å². The van der Waals surface area contributed by atoms with E-state index in [1.807, 2.05) is 18.2 Å². The number of hydrogen-bond donors (Lipinski definition) is 2. The van der Waals surface area contributed by atoms with Crippen LogP contribution in [0.4, 0.5) is 5.69 Å². The van der Waals surface area contributed by atoms with Gasteiger partial charge in [-0.2, -0.15) is 5.10 Å². The highest BCUT2D eigenvalue weighted by atomic mass is 16.3. The summed E-state index contributed by atoms with van der Waals surface area (Å²) in [6.45, 7) is 6.48. The lowest BCUT2D eigenvalue weighted by molar-refractivity contribution is 0.102. The first-order valence-corrected chi connectivity index (χ1v) is 12.2. The fourth-order valence-corrected chi connectivity index (χ4v) is 4.33. The lowest BCUT2D eigenvalue weighted by Gasteiger charge is -2.18. The molecule has 0 aliphatic carbocycles. The molecule has 0 aliphatic heterocycles. The molecule has 0 fully saturated rings. The van der Waals surface area contributed by atoms with Crippen LogP contribution in [-0.2, 0) is 5.41 Å². The highest BCUT2D eigenvalue weighted by molar-refractivity contribution is 6.05. The van der Waals surface area contributed by atoms with Gasteiger partial charge in [0.1, 0.15) is 28.6 Å². The maximum atomic E-state index is 12.8. The van der Waals surface area contributed by atoms with E-state index in [0.29, 0.717) is 33.8 Å². The summed E-state index contributed by atoms with van der Waals surface area (Å²) in [5, 5.41) is 10.4. The monoisotopic (exact) mass is 504 g/mol. The fourth-order valence-electron chi connectivity index (χ4n) is 4.33. The van der Waals surface area contributed by atoms with Crippen molar-refractivity contribution in [2.75, 3.05) is 5.32 Å². The number of aromatic nitrogens is 3. The van der Waals surface area contributed by atoms with E-state index in [-0.39, 0.29) is 16.4 Å². The molecule has 0 saturated carbocycles. The summed E-state index contributed by atoms with van der Waals surface area (Å²) in [6.07, 6.45) is 2.94. The molecule has 8 nitrogen and oxygen atoms in total. The van der Waals surface area contributed by atoms with Gasteiger partial charge in [-0.1, -0.05) is 51.1 Å². The number of nitrogens with zero attached hydrogens (tertiary/aromatic N) is 2. The molecule has 3 aromatic carbocycles. The van der Waals surface area contributed by atoms with Crippen molar-refractivity contribution in [1.29, 1.82) is 0 Å². The van der Waals surface area contributed by atoms with E-state index >= 15 is 0 Å². The summed E-state index contributed by atoms with van der Waals surface area (Å²) in [7, 11) is 0. The smallest absolute Gasteiger partial charge is 0.262 e. The summed E-state index contributed by atoms with van der Waals surface area (Å²) in [6, 6.07) is 20.0. The summed E-state index contributed by atoms with van der Waals surface area (Å²) >= 11 is 0. The van der Waals surface area contributed by atoms with Crippen LogP contribution in [0.1, 0.15) is 36.7 Å². The zero-order chi connectivity index (χ0) is 26.4. The van der Waals surface area contributed by atoms with Gasteiger partial charge < -0.3 is 14.2 Å². The van der Waals surface area contributed by atoms with Crippen molar-refractivity contribution in [3.63, 3.8) is 0 Å². The zero-order valence-corrected chi connectivity index (χ0v) is 21.0. The highest BCUT2D eigenvalue weighted by Crippen LogP contribution is 2.33. The number of anilines is 1. The van der Waals surface area contributed by atoms with Gasteiger partial charge in [0.05, 0.1) is 10.9 Å². The van der Waals surface area contributed by atoms with Gasteiger partial charge in [0.25, 0.3) is 5.91 Å². The number of carbonyl (C=O) groups excluding carboxylic acids is 1. The second-order valence-electron chi connectivity index (χ2n) is 10.1. The van der Waals surface area contributed by atoms with Crippen LogP contribution in [-0.4, -0.2) is 21.1 Å². The third-order valence-electron chi connectivity index (χ3n) is 6.47. The van der Waals surface area contributed by atoms with Crippen LogP contribution >= 0.6 is 0 Å². The second-order valence-corrected chi connectivity index (χ2v) is 10.1. The van der Waals surface area contributed by atoms with Gasteiger partial charge in [-0.3, -0.25) is 14.7 Å². The van der Waals surface area contributed by atoms with Crippen LogP contribution < -0.4 is 10.7 Å². The number of benzene rings is 3. The van der Waals surface area contributed by atoms with E-state index in [2.05, 4.69) is 48.4 Å². The molecule has 3 heterocycles. The maximum absolute atomic E-state index is 12.8. The normalized spacial score (nSPS) is 11.8. The number of hydrogen-bond acceptors (Lipinski definition) is 6. The van der Waals surface area contributed by atoms with E-state index < -0.39 is 5.91 Å². The molecule has 0 bridgehead atoms. The molecular formula is C30H24N4O4. The Morgan fingerprint density at radius 1 is 0.974 bits per heavy atom. The van der Waals surface area contributed by atoms with Gasteiger partial charge in [0.15, 0.2) is 5.58 Å². The standard InChI is InChI=1S/C30H24N4O4/c1-30(2,3)18-10-13-25-23(14-18)33-29(38-25)21-15-31-34-26(21)17-8-11-19(12-9-17)32-28(36)22-16-37-24-7-5-4-6-20(24)27(22)35/h4-16H,1-3H3,(H,31,34)(H,32,36). The predicted octanol–water partition coefficient (Wildman–Crippen LogP) is 6.54. The third kappa shape index (κ3) is 4.16. The molecule has 1 amide bonds. The molecule has 8 heteroatoms. The number of amides is 1. The fraction of sp³-hybridized carbons (Fsp3) is 0.133. The van der Waals surface area contributed by atoms with E-state index in [9.17, 15) is 9.59 Å². The van der Waals surface area contributed by atoms with E-state index in [1.54, 1.807) is 42.6 Å². The summed E-state index contributed by atoms with van der Waals surface area (Å²) < 4.78 is 11.5. The average Bonchev–Trinajstić information content (AvgIpc) is 3.56. The van der Waals surface area contributed by atoms with E-state index in [4.69, 9.17) is 13.8 Å². The number of rotatable bonds is 4. The van der Waals surface area contributed by atoms with Crippen molar-refractivity contribution in [2.45, 2.75) is 26.2 Å². The molecule has 0 aliphatic rings. The average molecular weight is 505 g/mol. The molecule has 0 saturated heterocycles. The number of H-pyrrole nitrogens is 1. The van der Waals surface area contributed by atoms with Crippen molar-refractivity contribution < 1.29 is 13.6 Å². The second kappa shape index (κ2) is 8.85. The van der Waals surface area contributed by atoms with Gasteiger partial charge >= 0.3 is 0 Å². The van der Waals surface area contributed by atoms with Crippen molar-refractivity contribution in [1.82, 2.24) is 15.2 Å². The number of aromatic amines is 1. The van der Waals surface area contributed by atoms with Crippen LogP contribution in [0.5, 0.6) is 0 Å². The summed E-state index contributed by atoms with van der Waals surface area (Å²) in [4.78, 5) is 30.2. The third-order valence-corrected chi connectivity index (χ3v) is 6.47. The van der Waals surface area contributed by atoms with Gasteiger partial charge in [-0.05, 0) is 47.4 Å². The Labute approximate surface area is 217 Å². The minimum Gasteiger partial charge on any atom is -0.463 e. The van der Waals surface area contributed by atoms with Crippen molar-refractivity contribution in [3.05, 3.63) is 101 Å². The van der Waals surface area contributed by atoms with Crippen molar-refractivity contribution in [3.8, 4) is 22.7 Å². The number of nitrogens with one attached hydrogen (secondary N) is 2. The largest absolute Gasteiger partial charge is 0.463 e. The molecule has 0 radical (unpaired) electrons. The Morgan fingerprint density at radius 2 is 1.76 bits per heavy atom. The first-order chi connectivity index (χ1) is 18.3. The van der Waals surface area contributed by atoms with Gasteiger partial charge in [0, 0.05) is 17.4 Å². The van der Waals surface area contributed by atoms with Crippen molar-refractivity contribution in [2.24, 2.45) is 0 Å². The molecule has 0 spiro atoms. The Kier molecular flexibility index (Phi) is 5.45. The number of carbonyl (C=O) groups is 1. The van der Waals surface area contributed by atoms with Crippen LogP contribution in [0.2, 0.25) is 0 Å². The zero-order valence-electron chi connectivity index (χ0n) is 21.0. The molecule has 0 atom stereocenters. The molecule has 3 aromatic heterocycles. The van der Waals surface area contributed by atoms with Crippen LogP contribution in [0, 0.1) is 0 Å². The van der Waals surface area contributed by atoms with E-state index in [1.165, 1.54) is 11.8 Å². The number of oxazole rings is 1. The van der Waals surface area contributed by atoms with Crippen LogP contribution in [0.3, 0.4) is 0 Å². The first kappa shape index (κ1) is 23.4. The molecule has 0 unspecified atom stereocenters. The Morgan fingerprint density at radius 3 is 2.55 bits per heavy atom. The maximum Gasteiger partial charge on any atom is 0.262 e. The summed E-state index contributed by atoms with van der Waals surface area (Å²) in [5.74, 6) is -0.0750. The molecule has 2 N–H and O–H groups in total. The molecule has 188 valence electrons. The predicted molar refractivity (Wildman–Crippen MR) is 146 cm³/mol. The molecular weight excluding hydrogens is 480 g/mol. The summed E-state index contributed by atoms with van der Waals surface area (Å²) in [5.41, 5.74) is 5.39. The Hall–Kier alpha value is -4.98. The number of para-hydroxylation sites is 1. The molecule has 38 heavy (non-hydrogen) atoms. The SMILES string of the molecule is CC(C)(C)c1ccc2oc(-c3c[nH]nc3-c3ccc(NC(=O)c4coc5ccccc5c4=O)cc3)nc2c1. The topological polar surface area (TPSA) is 114 Å². The van der Waals surface area contributed by atoms with Gasteiger partial charge in [-0.25, -0.2) is 4.98 Å². The Bertz CT molecular complexity index is 1870. The minimum atomic E-state index is -0.543. The van der Waals surface area contributed by atoms with Gasteiger partial charge in [-0.15, -0.1) is 0 Å². The molecule has 6 aromatic rings. The number of fused-ring (bicyclic) bond motifs is 2.